The second kappa shape index (κ2) is 8.99. The summed E-state index contributed by atoms with van der Waals surface area (Å²) in [6.07, 6.45) is 0.827. The molecule has 0 fully saturated rings. The Labute approximate surface area is 165 Å². The first kappa shape index (κ1) is 19.4. The predicted octanol–water partition coefficient (Wildman–Crippen LogP) is 4.01. The van der Waals surface area contributed by atoms with Crippen molar-refractivity contribution in [3.8, 4) is 5.75 Å². The van der Waals surface area contributed by atoms with E-state index in [-0.39, 0.29) is 11.6 Å². The number of nitrogens with zero attached hydrogens (tertiary/aromatic N) is 2. The summed E-state index contributed by atoms with van der Waals surface area (Å²) in [5.74, 6) is 1.20. The van der Waals surface area contributed by atoms with Gasteiger partial charge >= 0.3 is 0 Å². The van der Waals surface area contributed by atoms with E-state index >= 15 is 0 Å². The van der Waals surface area contributed by atoms with Gasteiger partial charge in [0, 0.05) is 12.2 Å². The molecule has 1 aromatic heterocycles. The van der Waals surface area contributed by atoms with E-state index in [9.17, 15) is 4.79 Å². The molecule has 3 rings (SSSR count). The van der Waals surface area contributed by atoms with Crippen molar-refractivity contribution in [3.05, 3.63) is 77.0 Å². The largest absolute Gasteiger partial charge is 0.497 e. The fourth-order valence-corrected chi connectivity index (χ4v) is 2.78. The van der Waals surface area contributed by atoms with E-state index in [4.69, 9.17) is 4.74 Å². The Balaban J connectivity index is 1.55. The maximum atomic E-state index is 12.4. The second-order valence-electron chi connectivity index (χ2n) is 6.53. The molecule has 1 amide bonds. The van der Waals surface area contributed by atoms with E-state index in [0.29, 0.717) is 12.4 Å². The predicted molar refractivity (Wildman–Crippen MR) is 111 cm³/mol. The summed E-state index contributed by atoms with van der Waals surface area (Å²) in [4.78, 5) is 12.4. The topological polar surface area (TPSA) is 76.1 Å². The van der Waals surface area contributed by atoms with Crippen LogP contribution in [0.2, 0.25) is 0 Å². The SMILES string of the molecule is COc1cccc(CCNc2ccc(C(=O)Nc3cccc(C)c3C)nn2)c1. The highest BCUT2D eigenvalue weighted by molar-refractivity contribution is 6.03. The third-order valence-electron chi connectivity index (χ3n) is 4.60. The summed E-state index contributed by atoms with van der Waals surface area (Å²) in [6.45, 7) is 4.69. The lowest BCUT2D eigenvalue weighted by Gasteiger charge is -2.10. The minimum Gasteiger partial charge on any atom is -0.497 e. The molecule has 2 aromatic carbocycles. The third kappa shape index (κ3) is 4.85. The summed E-state index contributed by atoms with van der Waals surface area (Å²) in [5, 5.41) is 14.2. The Hall–Kier alpha value is -3.41. The van der Waals surface area contributed by atoms with Crippen LogP contribution in [0.5, 0.6) is 5.75 Å². The second-order valence-corrected chi connectivity index (χ2v) is 6.53. The van der Waals surface area contributed by atoms with E-state index in [1.807, 2.05) is 50.2 Å². The molecule has 0 spiro atoms. The van der Waals surface area contributed by atoms with Crippen LogP contribution in [0.25, 0.3) is 0 Å². The van der Waals surface area contributed by atoms with E-state index in [1.54, 1.807) is 19.2 Å². The molecule has 0 aliphatic rings. The molecular weight excluding hydrogens is 352 g/mol. The highest BCUT2D eigenvalue weighted by atomic mass is 16.5. The minimum absolute atomic E-state index is 0.274. The van der Waals surface area contributed by atoms with Crippen LogP contribution < -0.4 is 15.4 Å². The number of anilines is 2. The van der Waals surface area contributed by atoms with Gasteiger partial charge in [-0.25, -0.2) is 0 Å². The van der Waals surface area contributed by atoms with Gasteiger partial charge in [0.1, 0.15) is 11.6 Å². The number of aryl methyl sites for hydroxylation is 1. The lowest BCUT2D eigenvalue weighted by molar-refractivity contribution is 0.102. The molecule has 0 atom stereocenters. The first-order valence-corrected chi connectivity index (χ1v) is 9.15. The Kier molecular flexibility index (Phi) is 6.22. The van der Waals surface area contributed by atoms with Gasteiger partial charge in [-0.2, -0.15) is 0 Å². The van der Waals surface area contributed by atoms with Crippen LogP contribution in [0.15, 0.2) is 54.6 Å². The van der Waals surface area contributed by atoms with Gasteiger partial charge in [-0.05, 0) is 67.3 Å². The first-order valence-electron chi connectivity index (χ1n) is 9.15. The van der Waals surface area contributed by atoms with Gasteiger partial charge < -0.3 is 15.4 Å². The first-order chi connectivity index (χ1) is 13.6. The normalized spacial score (nSPS) is 10.4. The van der Waals surface area contributed by atoms with Crippen LogP contribution >= 0.6 is 0 Å². The minimum atomic E-state index is -0.274. The highest BCUT2D eigenvalue weighted by Crippen LogP contribution is 2.18. The fourth-order valence-electron chi connectivity index (χ4n) is 2.78. The molecule has 0 radical (unpaired) electrons. The number of carbonyl (C=O) groups is 1. The Morgan fingerprint density at radius 3 is 2.61 bits per heavy atom. The number of carbonyl (C=O) groups excluding carboxylic acids is 1. The van der Waals surface area contributed by atoms with Gasteiger partial charge in [0.05, 0.1) is 7.11 Å². The van der Waals surface area contributed by atoms with Gasteiger partial charge in [-0.3, -0.25) is 4.79 Å². The zero-order valence-corrected chi connectivity index (χ0v) is 16.3. The molecule has 0 aliphatic heterocycles. The van der Waals surface area contributed by atoms with Crippen molar-refractivity contribution < 1.29 is 9.53 Å². The Bertz CT molecular complexity index is 955. The van der Waals surface area contributed by atoms with Crippen LogP contribution in [-0.4, -0.2) is 29.8 Å². The van der Waals surface area contributed by atoms with E-state index < -0.39 is 0 Å². The molecule has 1 heterocycles. The highest BCUT2D eigenvalue weighted by Gasteiger charge is 2.10. The van der Waals surface area contributed by atoms with Crippen molar-refractivity contribution >= 4 is 17.4 Å². The van der Waals surface area contributed by atoms with Crippen molar-refractivity contribution in [1.82, 2.24) is 10.2 Å². The summed E-state index contributed by atoms with van der Waals surface area (Å²) < 4.78 is 5.23. The molecule has 6 nitrogen and oxygen atoms in total. The van der Waals surface area contributed by atoms with Gasteiger partial charge in [-0.15, -0.1) is 10.2 Å². The number of aromatic nitrogens is 2. The molecule has 144 valence electrons. The maximum Gasteiger partial charge on any atom is 0.276 e. The van der Waals surface area contributed by atoms with E-state index in [2.05, 4.69) is 26.9 Å². The number of hydrogen-bond donors (Lipinski definition) is 2. The number of nitrogens with one attached hydrogen (secondary N) is 2. The van der Waals surface area contributed by atoms with Crippen LogP contribution in [0.1, 0.15) is 27.2 Å². The van der Waals surface area contributed by atoms with Crippen LogP contribution in [0, 0.1) is 13.8 Å². The number of benzene rings is 2. The lowest BCUT2D eigenvalue weighted by Crippen LogP contribution is -2.16. The van der Waals surface area contributed by atoms with E-state index in [0.717, 1.165) is 29.0 Å². The van der Waals surface area contributed by atoms with Crippen LogP contribution in [0.4, 0.5) is 11.5 Å². The molecule has 0 saturated carbocycles. The average Bonchev–Trinajstić information content (AvgIpc) is 2.72. The molecule has 2 N–H and O–H groups in total. The summed E-state index contributed by atoms with van der Waals surface area (Å²) in [6, 6.07) is 17.2. The third-order valence-corrected chi connectivity index (χ3v) is 4.60. The number of rotatable bonds is 7. The zero-order chi connectivity index (χ0) is 19.9. The molecule has 3 aromatic rings. The molecule has 0 aliphatic carbocycles. The smallest absolute Gasteiger partial charge is 0.276 e. The molecule has 0 saturated heterocycles. The molecule has 0 unspecified atom stereocenters. The van der Waals surface area contributed by atoms with Crippen molar-refractivity contribution in [2.24, 2.45) is 0 Å². The quantitative estimate of drug-likeness (QED) is 0.652. The van der Waals surface area contributed by atoms with E-state index in [1.165, 1.54) is 5.56 Å². The standard InChI is InChI=1S/C22H24N4O2/c1-15-6-4-9-19(16(15)2)24-22(27)20-10-11-21(26-25-20)23-13-12-17-7-5-8-18(14-17)28-3/h4-11,14H,12-13H2,1-3H3,(H,23,26)(H,24,27). The number of hydrogen-bond acceptors (Lipinski definition) is 5. The number of methoxy groups -OCH3 is 1. The summed E-state index contributed by atoms with van der Waals surface area (Å²) in [5.41, 5.74) is 4.40. The Morgan fingerprint density at radius 1 is 1.04 bits per heavy atom. The van der Waals surface area contributed by atoms with Crippen molar-refractivity contribution in [3.63, 3.8) is 0 Å². The van der Waals surface area contributed by atoms with Crippen molar-refractivity contribution in [2.75, 3.05) is 24.3 Å². The van der Waals surface area contributed by atoms with Crippen LogP contribution in [-0.2, 0) is 6.42 Å². The van der Waals surface area contributed by atoms with Gasteiger partial charge in [-0.1, -0.05) is 24.3 Å². The average molecular weight is 376 g/mol. The maximum absolute atomic E-state index is 12.4. The molecule has 0 bridgehead atoms. The zero-order valence-electron chi connectivity index (χ0n) is 16.3. The molecule has 6 heteroatoms. The van der Waals surface area contributed by atoms with Crippen molar-refractivity contribution in [2.45, 2.75) is 20.3 Å². The number of ether oxygens (including phenoxy) is 1. The molecule has 28 heavy (non-hydrogen) atoms. The van der Waals surface area contributed by atoms with Gasteiger partial charge in [0.25, 0.3) is 5.91 Å². The monoisotopic (exact) mass is 376 g/mol. The van der Waals surface area contributed by atoms with Gasteiger partial charge in [0.15, 0.2) is 5.69 Å². The number of amides is 1. The van der Waals surface area contributed by atoms with Crippen LogP contribution in [0.3, 0.4) is 0 Å². The fraction of sp³-hybridized carbons (Fsp3) is 0.227. The van der Waals surface area contributed by atoms with Crippen molar-refractivity contribution in [1.29, 1.82) is 0 Å². The lowest BCUT2D eigenvalue weighted by atomic mass is 10.1. The molecular formula is C22H24N4O2. The van der Waals surface area contributed by atoms with Gasteiger partial charge in [0.2, 0.25) is 0 Å². The Morgan fingerprint density at radius 2 is 1.86 bits per heavy atom. The summed E-state index contributed by atoms with van der Waals surface area (Å²) in [7, 11) is 1.66. The summed E-state index contributed by atoms with van der Waals surface area (Å²) >= 11 is 0.